The topological polar surface area (TPSA) is 78.9 Å². The molecule has 0 aromatic heterocycles. The van der Waals surface area contributed by atoms with Gasteiger partial charge in [-0.05, 0) is 83.5 Å². The van der Waals surface area contributed by atoms with Crippen LogP contribution in [-0.2, 0) is 28.6 Å². The molecule has 0 aliphatic carbocycles. The van der Waals surface area contributed by atoms with Crippen molar-refractivity contribution in [2.45, 2.75) is 258 Å². The molecule has 1 atom stereocenters. The van der Waals surface area contributed by atoms with E-state index < -0.39 is 6.10 Å². The lowest BCUT2D eigenvalue weighted by molar-refractivity contribution is -0.166. The zero-order chi connectivity index (χ0) is 48.6. The predicted octanol–water partition coefficient (Wildman–Crippen LogP) is 18.5. The highest BCUT2D eigenvalue weighted by atomic mass is 16.6. The number of rotatable bonds is 49. The van der Waals surface area contributed by atoms with Crippen LogP contribution >= 0.6 is 0 Å². The lowest BCUT2D eigenvalue weighted by Gasteiger charge is -2.18. The van der Waals surface area contributed by atoms with E-state index in [4.69, 9.17) is 14.2 Å². The third-order valence-corrected chi connectivity index (χ3v) is 11.6. The minimum absolute atomic E-state index is 0.107. The molecule has 0 radical (unpaired) electrons. The van der Waals surface area contributed by atoms with E-state index in [1.54, 1.807) is 0 Å². The van der Waals surface area contributed by atoms with Gasteiger partial charge in [0.2, 0.25) is 0 Å². The van der Waals surface area contributed by atoms with Gasteiger partial charge >= 0.3 is 17.9 Å². The van der Waals surface area contributed by atoms with Crippen molar-refractivity contribution in [2.75, 3.05) is 13.2 Å². The van der Waals surface area contributed by atoms with Crippen molar-refractivity contribution >= 4 is 17.9 Å². The standard InChI is InChI=1S/C61H102O6/c1-4-7-10-13-16-19-22-25-27-29-31-33-34-36-39-42-45-48-51-54-60(63)66-57-58(56-65-59(62)53-50-47-44-41-38-24-21-18-15-12-9-6-3)67-61(64)55-52-49-46-43-40-37-35-32-30-28-26-23-20-17-14-11-8-5-2/h7,9-10,12,16,18-19,21,25,27,31,33,36,39,45,48,58H,4-6,8,11,13-15,17,20,22-24,26,28-30,32,34-35,37-38,40-44,46-47,49-57H2,1-3H3/b10-7-,12-9-,19-16-,21-18-,27-25-,33-31-,39-36-,48-45-. The van der Waals surface area contributed by atoms with Gasteiger partial charge in [-0.2, -0.15) is 0 Å². The summed E-state index contributed by atoms with van der Waals surface area (Å²) in [6.07, 6.45) is 72.7. The van der Waals surface area contributed by atoms with Crippen molar-refractivity contribution in [1.29, 1.82) is 0 Å². The molecule has 0 fully saturated rings. The summed E-state index contributed by atoms with van der Waals surface area (Å²) in [5.74, 6) is -1.00. The zero-order valence-electron chi connectivity index (χ0n) is 43.6. The number of carbonyl (C=O) groups is 3. The Hall–Kier alpha value is -3.67. The van der Waals surface area contributed by atoms with Gasteiger partial charge in [-0.1, -0.05) is 246 Å². The smallest absolute Gasteiger partial charge is 0.306 e. The third-order valence-electron chi connectivity index (χ3n) is 11.6. The monoisotopic (exact) mass is 931 g/mol. The number of hydrogen-bond acceptors (Lipinski definition) is 6. The molecule has 0 spiro atoms. The fourth-order valence-electron chi connectivity index (χ4n) is 7.51. The highest BCUT2D eigenvalue weighted by molar-refractivity contribution is 5.71. The van der Waals surface area contributed by atoms with Crippen LogP contribution < -0.4 is 0 Å². The van der Waals surface area contributed by atoms with Gasteiger partial charge in [-0.15, -0.1) is 0 Å². The molecule has 1 unspecified atom stereocenters. The molecule has 0 N–H and O–H groups in total. The van der Waals surface area contributed by atoms with Crippen molar-refractivity contribution in [1.82, 2.24) is 0 Å². The molecule has 0 rings (SSSR count). The van der Waals surface area contributed by atoms with E-state index in [-0.39, 0.29) is 37.5 Å². The van der Waals surface area contributed by atoms with Gasteiger partial charge in [0, 0.05) is 19.3 Å². The van der Waals surface area contributed by atoms with Gasteiger partial charge in [0.05, 0.1) is 0 Å². The van der Waals surface area contributed by atoms with Crippen LogP contribution in [0.15, 0.2) is 97.2 Å². The van der Waals surface area contributed by atoms with Crippen LogP contribution in [0.1, 0.15) is 252 Å². The van der Waals surface area contributed by atoms with E-state index >= 15 is 0 Å². The van der Waals surface area contributed by atoms with Crippen LogP contribution in [0, 0.1) is 0 Å². The van der Waals surface area contributed by atoms with Gasteiger partial charge in [-0.3, -0.25) is 14.4 Å². The molecule has 0 aromatic carbocycles. The Bertz CT molecular complexity index is 1350. The molecule has 0 saturated carbocycles. The molecule has 0 saturated heterocycles. The zero-order valence-corrected chi connectivity index (χ0v) is 43.6. The SMILES string of the molecule is CC/C=C\C/C=C\C/C=C\C/C=C\C/C=C\C/C=C\CCC(=O)OCC(COC(=O)CCCCCCC/C=C\C/C=C\CC)OC(=O)CCCCCCCCCCCCCCCCCCCC. The Balaban J connectivity index is 4.47. The minimum Gasteiger partial charge on any atom is -0.462 e. The highest BCUT2D eigenvalue weighted by Crippen LogP contribution is 2.16. The van der Waals surface area contributed by atoms with E-state index in [1.165, 1.54) is 96.3 Å². The summed E-state index contributed by atoms with van der Waals surface area (Å²) < 4.78 is 16.8. The average molecular weight is 931 g/mol. The van der Waals surface area contributed by atoms with Crippen molar-refractivity contribution in [3.8, 4) is 0 Å². The first-order valence-electron chi connectivity index (χ1n) is 27.7. The number of allylic oxidation sites excluding steroid dienone is 16. The van der Waals surface area contributed by atoms with Gasteiger partial charge in [0.1, 0.15) is 13.2 Å². The summed E-state index contributed by atoms with van der Waals surface area (Å²) in [6.45, 7) is 6.35. The Labute approximate surface area is 413 Å². The molecule has 67 heavy (non-hydrogen) atoms. The number of carbonyl (C=O) groups excluding carboxylic acids is 3. The second-order valence-electron chi connectivity index (χ2n) is 18.1. The van der Waals surface area contributed by atoms with E-state index in [9.17, 15) is 14.4 Å². The molecular formula is C61H102O6. The maximum atomic E-state index is 12.8. The molecular weight excluding hydrogens is 829 g/mol. The number of unbranched alkanes of at least 4 members (excludes halogenated alkanes) is 22. The maximum Gasteiger partial charge on any atom is 0.306 e. The summed E-state index contributed by atoms with van der Waals surface area (Å²) in [6, 6.07) is 0. The minimum atomic E-state index is -0.813. The van der Waals surface area contributed by atoms with Crippen LogP contribution in [0.3, 0.4) is 0 Å². The maximum absolute atomic E-state index is 12.8. The summed E-state index contributed by atoms with van der Waals surface area (Å²) in [4.78, 5) is 38.0. The lowest BCUT2D eigenvalue weighted by atomic mass is 10.0. The number of esters is 3. The molecule has 6 heteroatoms. The van der Waals surface area contributed by atoms with Crippen molar-refractivity contribution in [3.63, 3.8) is 0 Å². The fraction of sp³-hybridized carbons (Fsp3) is 0.689. The average Bonchev–Trinajstić information content (AvgIpc) is 3.33. The quantitative estimate of drug-likeness (QED) is 0.0262. The van der Waals surface area contributed by atoms with Gasteiger partial charge < -0.3 is 14.2 Å². The lowest BCUT2D eigenvalue weighted by Crippen LogP contribution is -2.30. The Kier molecular flexibility index (Phi) is 51.9. The second-order valence-corrected chi connectivity index (χ2v) is 18.1. The van der Waals surface area contributed by atoms with E-state index in [0.29, 0.717) is 19.3 Å². The van der Waals surface area contributed by atoms with Crippen molar-refractivity contribution < 1.29 is 28.6 Å². The third kappa shape index (κ3) is 53.2. The highest BCUT2D eigenvalue weighted by Gasteiger charge is 2.19. The molecule has 0 aliphatic heterocycles. The number of ether oxygens (including phenoxy) is 3. The van der Waals surface area contributed by atoms with Gasteiger partial charge in [0.15, 0.2) is 6.10 Å². The molecule has 382 valence electrons. The largest absolute Gasteiger partial charge is 0.462 e. The van der Waals surface area contributed by atoms with Gasteiger partial charge in [0.25, 0.3) is 0 Å². The second kappa shape index (κ2) is 54.9. The first-order valence-corrected chi connectivity index (χ1v) is 27.7. The Morgan fingerprint density at radius 3 is 1.00 bits per heavy atom. The molecule has 6 nitrogen and oxygen atoms in total. The fourth-order valence-corrected chi connectivity index (χ4v) is 7.51. The molecule has 0 bridgehead atoms. The summed E-state index contributed by atoms with van der Waals surface area (Å²) in [5.41, 5.74) is 0. The normalized spacial score (nSPS) is 12.8. The van der Waals surface area contributed by atoms with Crippen LogP contribution in [0.5, 0.6) is 0 Å². The predicted molar refractivity (Wildman–Crippen MR) is 288 cm³/mol. The first-order chi connectivity index (χ1) is 33.0. The first kappa shape index (κ1) is 63.3. The van der Waals surface area contributed by atoms with E-state index in [1.807, 2.05) is 6.08 Å². The molecule has 0 aromatic rings. The van der Waals surface area contributed by atoms with Crippen LogP contribution in [0.25, 0.3) is 0 Å². The summed E-state index contributed by atoms with van der Waals surface area (Å²) in [7, 11) is 0. The molecule has 0 heterocycles. The summed E-state index contributed by atoms with van der Waals surface area (Å²) >= 11 is 0. The van der Waals surface area contributed by atoms with Crippen molar-refractivity contribution in [2.24, 2.45) is 0 Å². The molecule has 0 amide bonds. The Morgan fingerprint density at radius 1 is 0.313 bits per heavy atom. The summed E-state index contributed by atoms with van der Waals surface area (Å²) in [5, 5.41) is 0. The van der Waals surface area contributed by atoms with Crippen LogP contribution in [0.4, 0.5) is 0 Å². The van der Waals surface area contributed by atoms with E-state index in [0.717, 1.165) is 109 Å². The number of hydrogen-bond donors (Lipinski definition) is 0. The Morgan fingerprint density at radius 2 is 0.612 bits per heavy atom. The molecule has 0 aliphatic rings. The van der Waals surface area contributed by atoms with E-state index in [2.05, 4.69) is 112 Å². The van der Waals surface area contributed by atoms with Gasteiger partial charge in [-0.25, -0.2) is 0 Å². The van der Waals surface area contributed by atoms with Crippen LogP contribution in [-0.4, -0.2) is 37.2 Å². The van der Waals surface area contributed by atoms with Crippen molar-refractivity contribution in [3.05, 3.63) is 97.2 Å². The van der Waals surface area contributed by atoms with Crippen LogP contribution in [0.2, 0.25) is 0 Å².